The molecule has 18 heavy (non-hydrogen) atoms. The number of hydrogen-bond donors (Lipinski definition) is 2. The molecule has 0 saturated carbocycles. The van der Waals surface area contributed by atoms with E-state index in [9.17, 15) is 13.2 Å². The number of rotatable bonds is 7. The van der Waals surface area contributed by atoms with Crippen molar-refractivity contribution in [3.63, 3.8) is 0 Å². The van der Waals surface area contributed by atoms with Crippen molar-refractivity contribution in [1.82, 2.24) is 15.1 Å². The van der Waals surface area contributed by atoms with Gasteiger partial charge in [0, 0.05) is 25.2 Å². The molecule has 0 aliphatic heterocycles. The molecule has 7 nitrogen and oxygen atoms in total. The maximum Gasteiger partial charge on any atom is 0.237 e. The molecule has 3 N–H and O–H groups in total. The highest BCUT2D eigenvalue weighted by Gasteiger charge is 2.15. The van der Waals surface area contributed by atoms with Crippen LogP contribution in [0.4, 0.5) is 0 Å². The van der Waals surface area contributed by atoms with E-state index in [1.807, 2.05) is 0 Å². The Bertz CT molecular complexity index is 469. The fraction of sp³-hybridized carbons (Fsp3) is 0.600. The van der Waals surface area contributed by atoms with Gasteiger partial charge in [0.15, 0.2) is 0 Å². The van der Waals surface area contributed by atoms with Gasteiger partial charge in [0.1, 0.15) is 9.84 Å². The number of nitrogens with two attached hydrogens (primary N) is 1. The van der Waals surface area contributed by atoms with Crippen LogP contribution >= 0.6 is 0 Å². The number of aromatic nitrogens is 2. The van der Waals surface area contributed by atoms with Crippen molar-refractivity contribution >= 4 is 15.7 Å². The zero-order valence-corrected chi connectivity index (χ0v) is 11.1. The van der Waals surface area contributed by atoms with Crippen LogP contribution in [0.25, 0.3) is 0 Å². The fourth-order valence-corrected chi connectivity index (χ4v) is 2.01. The molecule has 102 valence electrons. The molecule has 1 heterocycles. The molecule has 8 heteroatoms. The van der Waals surface area contributed by atoms with Crippen LogP contribution in [0.15, 0.2) is 18.5 Å². The van der Waals surface area contributed by atoms with Gasteiger partial charge in [-0.1, -0.05) is 0 Å². The van der Waals surface area contributed by atoms with Crippen LogP contribution in [0.2, 0.25) is 0 Å². The predicted molar refractivity (Wildman–Crippen MR) is 67.5 cm³/mol. The third kappa shape index (κ3) is 5.78. The van der Waals surface area contributed by atoms with Crippen LogP contribution < -0.4 is 11.1 Å². The zero-order chi connectivity index (χ0) is 13.6. The van der Waals surface area contributed by atoms with Crippen LogP contribution in [0.3, 0.4) is 0 Å². The average molecular weight is 274 g/mol. The van der Waals surface area contributed by atoms with Crippen molar-refractivity contribution in [2.45, 2.75) is 19.0 Å². The summed E-state index contributed by atoms with van der Waals surface area (Å²) >= 11 is 0. The second-order valence-electron chi connectivity index (χ2n) is 4.09. The number of carbonyl (C=O) groups excluding carboxylic acids is 1. The summed E-state index contributed by atoms with van der Waals surface area (Å²) in [5.41, 5.74) is 5.58. The molecule has 0 radical (unpaired) electrons. The number of carbonyl (C=O) groups is 1. The van der Waals surface area contributed by atoms with Crippen molar-refractivity contribution < 1.29 is 13.2 Å². The van der Waals surface area contributed by atoms with Gasteiger partial charge in [0.2, 0.25) is 5.91 Å². The molecule has 0 aliphatic rings. The van der Waals surface area contributed by atoms with E-state index in [0.717, 1.165) is 6.26 Å². The molecule has 1 aromatic rings. The minimum absolute atomic E-state index is 0.0826. The van der Waals surface area contributed by atoms with E-state index < -0.39 is 15.9 Å². The lowest BCUT2D eigenvalue weighted by molar-refractivity contribution is -0.122. The number of nitrogens with one attached hydrogen (secondary N) is 1. The Morgan fingerprint density at radius 3 is 2.83 bits per heavy atom. The van der Waals surface area contributed by atoms with E-state index in [1.165, 1.54) is 0 Å². The lowest BCUT2D eigenvalue weighted by Gasteiger charge is -2.11. The molecule has 0 aliphatic carbocycles. The minimum Gasteiger partial charge on any atom is -0.353 e. The van der Waals surface area contributed by atoms with Crippen LogP contribution in [-0.4, -0.2) is 48.7 Å². The highest BCUT2D eigenvalue weighted by atomic mass is 32.2. The summed E-state index contributed by atoms with van der Waals surface area (Å²) in [6.07, 6.45) is 4.69. The summed E-state index contributed by atoms with van der Waals surface area (Å²) in [7, 11) is -3.08. The topological polar surface area (TPSA) is 107 Å². The Balaban J connectivity index is 2.23. The van der Waals surface area contributed by atoms with Crippen molar-refractivity contribution in [2.24, 2.45) is 5.73 Å². The highest BCUT2D eigenvalue weighted by Crippen LogP contribution is 1.94. The highest BCUT2D eigenvalue weighted by molar-refractivity contribution is 7.90. The fourth-order valence-electron chi connectivity index (χ4n) is 1.33. The third-order valence-corrected chi connectivity index (χ3v) is 3.31. The molecule has 1 atom stereocenters. The Labute approximate surface area is 106 Å². The summed E-state index contributed by atoms with van der Waals surface area (Å²) < 4.78 is 23.5. The Hall–Kier alpha value is -1.41. The Morgan fingerprint density at radius 2 is 2.28 bits per heavy atom. The normalized spacial score (nSPS) is 13.2. The van der Waals surface area contributed by atoms with Gasteiger partial charge in [-0.05, 0) is 12.5 Å². The number of sulfone groups is 1. The molecule has 0 saturated heterocycles. The minimum atomic E-state index is -3.08. The summed E-state index contributed by atoms with van der Waals surface area (Å²) in [5.74, 6) is -0.424. The predicted octanol–water partition coefficient (Wildman–Crippen LogP) is -1.24. The standard InChI is InChI=1S/C10H18N4O3S/c1-18(16,17)8-3-9(11)10(15)12-5-7-14-6-2-4-13-14/h2,4,6,9H,3,5,7-8,11H2,1H3,(H,12,15). The monoisotopic (exact) mass is 274 g/mol. The van der Waals surface area contributed by atoms with E-state index in [2.05, 4.69) is 10.4 Å². The molecule has 0 fully saturated rings. The first kappa shape index (κ1) is 14.7. The quantitative estimate of drug-likeness (QED) is 0.647. The van der Waals surface area contributed by atoms with Gasteiger partial charge < -0.3 is 11.1 Å². The van der Waals surface area contributed by atoms with Gasteiger partial charge in [0.25, 0.3) is 0 Å². The van der Waals surface area contributed by atoms with Gasteiger partial charge in [-0.15, -0.1) is 0 Å². The van der Waals surface area contributed by atoms with E-state index in [4.69, 9.17) is 5.73 Å². The van der Waals surface area contributed by atoms with E-state index >= 15 is 0 Å². The molecule has 0 aromatic carbocycles. The van der Waals surface area contributed by atoms with Gasteiger partial charge in [0.05, 0.1) is 18.3 Å². The maximum absolute atomic E-state index is 11.5. The first-order valence-electron chi connectivity index (χ1n) is 5.57. The molecular weight excluding hydrogens is 256 g/mol. The van der Waals surface area contributed by atoms with Gasteiger partial charge in [-0.3, -0.25) is 9.48 Å². The SMILES string of the molecule is CS(=O)(=O)CCC(N)C(=O)NCCn1cccn1. The maximum atomic E-state index is 11.5. The first-order valence-corrected chi connectivity index (χ1v) is 7.63. The number of amides is 1. The largest absolute Gasteiger partial charge is 0.353 e. The first-order chi connectivity index (χ1) is 8.38. The van der Waals surface area contributed by atoms with Crippen molar-refractivity contribution in [3.8, 4) is 0 Å². The van der Waals surface area contributed by atoms with Crippen molar-refractivity contribution in [2.75, 3.05) is 18.6 Å². The second kappa shape index (κ2) is 6.50. The Morgan fingerprint density at radius 1 is 1.56 bits per heavy atom. The van der Waals surface area contributed by atoms with Crippen LogP contribution in [-0.2, 0) is 21.2 Å². The lowest BCUT2D eigenvalue weighted by atomic mass is 10.2. The van der Waals surface area contributed by atoms with E-state index in [-0.39, 0.29) is 18.1 Å². The summed E-state index contributed by atoms with van der Waals surface area (Å²) in [4.78, 5) is 11.5. The van der Waals surface area contributed by atoms with Gasteiger partial charge in [-0.2, -0.15) is 5.10 Å². The van der Waals surface area contributed by atoms with E-state index in [1.54, 1.807) is 23.1 Å². The average Bonchev–Trinajstić information content (AvgIpc) is 2.77. The van der Waals surface area contributed by atoms with Crippen molar-refractivity contribution in [3.05, 3.63) is 18.5 Å². The van der Waals surface area contributed by atoms with Gasteiger partial charge >= 0.3 is 0 Å². The van der Waals surface area contributed by atoms with Crippen LogP contribution in [0.5, 0.6) is 0 Å². The smallest absolute Gasteiger partial charge is 0.237 e. The second-order valence-corrected chi connectivity index (χ2v) is 6.34. The molecule has 1 unspecified atom stereocenters. The Kier molecular flexibility index (Phi) is 5.29. The van der Waals surface area contributed by atoms with E-state index in [0.29, 0.717) is 13.1 Å². The number of hydrogen-bond acceptors (Lipinski definition) is 5. The number of nitrogens with zero attached hydrogens (tertiary/aromatic N) is 2. The molecular formula is C10H18N4O3S. The lowest BCUT2D eigenvalue weighted by Crippen LogP contribution is -2.42. The van der Waals surface area contributed by atoms with Crippen molar-refractivity contribution in [1.29, 1.82) is 0 Å². The summed E-state index contributed by atoms with van der Waals surface area (Å²) in [6, 6.07) is 0.997. The zero-order valence-electron chi connectivity index (χ0n) is 10.2. The third-order valence-electron chi connectivity index (χ3n) is 2.34. The molecule has 1 rings (SSSR count). The van der Waals surface area contributed by atoms with Crippen LogP contribution in [0, 0.1) is 0 Å². The molecule has 0 bridgehead atoms. The molecule has 1 amide bonds. The molecule has 0 spiro atoms. The van der Waals surface area contributed by atoms with Gasteiger partial charge in [-0.25, -0.2) is 8.42 Å². The molecule has 1 aromatic heterocycles. The summed E-state index contributed by atoms with van der Waals surface area (Å²) in [6.45, 7) is 0.963. The summed E-state index contributed by atoms with van der Waals surface area (Å²) in [5, 5.41) is 6.62. The van der Waals surface area contributed by atoms with Crippen LogP contribution in [0.1, 0.15) is 6.42 Å².